The fourth-order valence-electron chi connectivity index (χ4n) is 2.11. The third-order valence-electron chi connectivity index (χ3n) is 3.19. The van der Waals surface area contributed by atoms with Crippen LogP contribution in [0, 0.1) is 0 Å². The van der Waals surface area contributed by atoms with Crippen LogP contribution in [-0.4, -0.2) is 46.7 Å². The number of aromatic amines is 1. The molecule has 116 valence electrons. The zero-order chi connectivity index (χ0) is 16.1. The number of rotatable bonds is 6. The third kappa shape index (κ3) is 3.52. The number of likely N-dealkylation sites (N-methyl/N-ethyl adjacent to an activating group) is 1. The van der Waals surface area contributed by atoms with Crippen molar-refractivity contribution in [3.8, 4) is 0 Å². The Balaban J connectivity index is 2.00. The molecule has 22 heavy (non-hydrogen) atoms. The Morgan fingerprint density at radius 3 is 2.77 bits per heavy atom. The van der Waals surface area contributed by atoms with Crippen molar-refractivity contribution >= 4 is 22.8 Å². The van der Waals surface area contributed by atoms with E-state index in [-0.39, 0.29) is 18.2 Å². The highest BCUT2D eigenvalue weighted by Gasteiger charge is 2.18. The first-order valence-electron chi connectivity index (χ1n) is 7.05. The second-order valence-corrected chi connectivity index (χ2v) is 5.06. The van der Waals surface area contributed by atoms with Gasteiger partial charge in [0.15, 0.2) is 12.3 Å². The molecule has 0 spiro atoms. The zero-order valence-corrected chi connectivity index (χ0v) is 12.8. The van der Waals surface area contributed by atoms with Crippen LogP contribution in [0.3, 0.4) is 0 Å². The lowest BCUT2D eigenvalue weighted by Gasteiger charge is -2.20. The van der Waals surface area contributed by atoms with Gasteiger partial charge in [0, 0.05) is 18.5 Å². The summed E-state index contributed by atoms with van der Waals surface area (Å²) >= 11 is 0. The van der Waals surface area contributed by atoms with Gasteiger partial charge in [-0.2, -0.15) is 5.10 Å². The molecule has 0 aliphatic rings. The van der Waals surface area contributed by atoms with Crippen LogP contribution in [0.4, 0.5) is 0 Å². The highest BCUT2D eigenvalue weighted by atomic mass is 16.5. The highest BCUT2D eigenvalue weighted by molar-refractivity contribution is 6.02. The minimum atomic E-state index is -0.614. The summed E-state index contributed by atoms with van der Waals surface area (Å²) in [6, 6.07) is 7.24. The van der Waals surface area contributed by atoms with Gasteiger partial charge in [-0.15, -0.1) is 0 Å². The van der Waals surface area contributed by atoms with Crippen molar-refractivity contribution in [3.63, 3.8) is 0 Å². The van der Waals surface area contributed by atoms with Crippen LogP contribution >= 0.6 is 0 Å². The summed E-state index contributed by atoms with van der Waals surface area (Å²) in [4.78, 5) is 25.7. The van der Waals surface area contributed by atoms with Crippen LogP contribution in [0.15, 0.2) is 36.4 Å². The normalized spacial score (nSPS) is 10.5. The molecule has 6 nitrogen and oxygen atoms in total. The average Bonchev–Trinajstić information content (AvgIpc) is 2.93. The van der Waals surface area contributed by atoms with E-state index in [1.54, 1.807) is 11.0 Å². The van der Waals surface area contributed by atoms with E-state index >= 15 is 0 Å². The Kier molecular flexibility index (Phi) is 4.93. The second-order valence-electron chi connectivity index (χ2n) is 5.06. The van der Waals surface area contributed by atoms with Gasteiger partial charge in [0.05, 0.1) is 5.52 Å². The van der Waals surface area contributed by atoms with Gasteiger partial charge < -0.3 is 9.64 Å². The molecular formula is C16H19N3O3. The number of carbonyl (C=O) groups is 2. The number of hydrogen-bond donors (Lipinski definition) is 1. The number of para-hydroxylation sites is 1. The van der Waals surface area contributed by atoms with Crippen LogP contribution in [0.5, 0.6) is 0 Å². The number of H-pyrrole nitrogens is 1. The maximum Gasteiger partial charge on any atom is 0.359 e. The fraction of sp³-hybridized carbons (Fsp3) is 0.312. The Hall–Kier alpha value is -2.63. The summed E-state index contributed by atoms with van der Waals surface area (Å²) in [7, 11) is 0. The molecule has 0 saturated carbocycles. The molecule has 0 aliphatic heterocycles. The molecule has 1 heterocycles. The molecular weight excluding hydrogens is 282 g/mol. The molecule has 0 radical (unpaired) electrons. The van der Waals surface area contributed by atoms with Crippen LogP contribution < -0.4 is 0 Å². The van der Waals surface area contributed by atoms with Gasteiger partial charge in [-0.3, -0.25) is 9.89 Å². The van der Waals surface area contributed by atoms with E-state index in [4.69, 9.17) is 4.74 Å². The molecule has 0 unspecified atom stereocenters. The van der Waals surface area contributed by atoms with Crippen molar-refractivity contribution in [1.29, 1.82) is 0 Å². The molecule has 1 N–H and O–H groups in total. The number of esters is 1. The lowest BCUT2D eigenvalue weighted by Crippen LogP contribution is -2.35. The summed E-state index contributed by atoms with van der Waals surface area (Å²) in [6.45, 7) is 8.18. The van der Waals surface area contributed by atoms with Gasteiger partial charge in [-0.05, 0) is 19.9 Å². The molecule has 0 saturated heterocycles. The van der Waals surface area contributed by atoms with Gasteiger partial charge in [-0.25, -0.2) is 4.79 Å². The Bertz CT molecular complexity index is 705. The number of amides is 1. The van der Waals surface area contributed by atoms with Crippen molar-refractivity contribution in [2.75, 3.05) is 19.7 Å². The summed E-state index contributed by atoms with van der Waals surface area (Å²) in [5.41, 5.74) is 1.81. The number of ether oxygens (including phenoxy) is 1. The maximum absolute atomic E-state index is 12.1. The van der Waals surface area contributed by atoms with E-state index in [1.165, 1.54) is 0 Å². The first kappa shape index (κ1) is 15.8. The molecule has 0 bridgehead atoms. The van der Waals surface area contributed by atoms with Crippen molar-refractivity contribution in [3.05, 3.63) is 42.1 Å². The SMILES string of the molecule is C=C(C)CN(CC)C(=O)COC(=O)c1n[nH]c2ccccc12. The molecule has 1 aromatic heterocycles. The molecule has 2 aromatic rings. The standard InChI is InChI=1S/C16H19N3O3/c1-4-19(9-11(2)3)14(20)10-22-16(21)15-12-7-5-6-8-13(12)17-18-15/h5-8H,2,4,9-10H2,1,3H3,(H,17,18). The smallest absolute Gasteiger partial charge is 0.359 e. The number of fused-ring (bicyclic) bond motifs is 1. The predicted molar refractivity (Wildman–Crippen MR) is 83.4 cm³/mol. The minimum absolute atomic E-state index is 0.186. The van der Waals surface area contributed by atoms with E-state index in [1.807, 2.05) is 32.0 Å². The van der Waals surface area contributed by atoms with Gasteiger partial charge >= 0.3 is 5.97 Å². The van der Waals surface area contributed by atoms with Crippen molar-refractivity contribution in [2.24, 2.45) is 0 Å². The summed E-state index contributed by atoms with van der Waals surface area (Å²) in [6.07, 6.45) is 0. The van der Waals surface area contributed by atoms with Crippen LogP contribution in [0.2, 0.25) is 0 Å². The monoisotopic (exact) mass is 301 g/mol. The van der Waals surface area contributed by atoms with Crippen molar-refractivity contribution < 1.29 is 14.3 Å². The van der Waals surface area contributed by atoms with Crippen LogP contribution in [-0.2, 0) is 9.53 Å². The molecule has 1 aromatic carbocycles. The summed E-state index contributed by atoms with van der Waals surface area (Å²) in [5.74, 6) is -0.865. The number of hydrogen-bond acceptors (Lipinski definition) is 4. The maximum atomic E-state index is 12.1. The minimum Gasteiger partial charge on any atom is -0.451 e. The van der Waals surface area contributed by atoms with E-state index in [0.29, 0.717) is 18.5 Å². The van der Waals surface area contributed by atoms with Crippen LogP contribution in [0.25, 0.3) is 10.9 Å². The largest absolute Gasteiger partial charge is 0.451 e. The topological polar surface area (TPSA) is 75.3 Å². The Morgan fingerprint density at radius 1 is 1.36 bits per heavy atom. The molecule has 0 fully saturated rings. The number of aromatic nitrogens is 2. The van der Waals surface area contributed by atoms with Gasteiger partial charge in [0.2, 0.25) is 0 Å². The molecule has 0 aliphatic carbocycles. The molecule has 6 heteroatoms. The van der Waals surface area contributed by atoms with Crippen LogP contribution in [0.1, 0.15) is 24.3 Å². The highest BCUT2D eigenvalue weighted by Crippen LogP contribution is 2.15. The summed E-state index contributed by atoms with van der Waals surface area (Å²) in [5, 5.41) is 7.38. The van der Waals surface area contributed by atoms with E-state index in [9.17, 15) is 9.59 Å². The first-order chi connectivity index (χ1) is 10.5. The molecule has 1 amide bonds. The van der Waals surface area contributed by atoms with Crippen molar-refractivity contribution in [1.82, 2.24) is 15.1 Å². The Morgan fingerprint density at radius 2 is 2.09 bits per heavy atom. The van der Waals surface area contributed by atoms with E-state index in [0.717, 1.165) is 11.1 Å². The average molecular weight is 301 g/mol. The van der Waals surface area contributed by atoms with E-state index < -0.39 is 5.97 Å². The quantitative estimate of drug-likeness (QED) is 0.655. The third-order valence-corrected chi connectivity index (χ3v) is 3.19. The fourth-order valence-corrected chi connectivity index (χ4v) is 2.11. The lowest BCUT2D eigenvalue weighted by molar-refractivity contribution is -0.133. The van der Waals surface area contributed by atoms with Gasteiger partial charge in [0.1, 0.15) is 0 Å². The number of benzene rings is 1. The number of carbonyl (C=O) groups excluding carboxylic acids is 2. The number of nitrogens with zero attached hydrogens (tertiary/aromatic N) is 2. The van der Waals surface area contributed by atoms with Crippen molar-refractivity contribution in [2.45, 2.75) is 13.8 Å². The number of nitrogens with one attached hydrogen (secondary N) is 1. The molecule has 0 atom stereocenters. The predicted octanol–water partition coefficient (Wildman–Crippen LogP) is 2.14. The second kappa shape index (κ2) is 6.89. The van der Waals surface area contributed by atoms with Gasteiger partial charge in [-0.1, -0.05) is 30.4 Å². The zero-order valence-electron chi connectivity index (χ0n) is 12.8. The molecule has 2 rings (SSSR count). The van der Waals surface area contributed by atoms with Gasteiger partial charge in [0.25, 0.3) is 5.91 Å². The van der Waals surface area contributed by atoms with E-state index in [2.05, 4.69) is 16.8 Å². The lowest BCUT2D eigenvalue weighted by atomic mass is 10.2. The summed E-state index contributed by atoms with van der Waals surface area (Å²) < 4.78 is 5.08. The Labute approximate surface area is 128 Å². The first-order valence-corrected chi connectivity index (χ1v) is 7.05.